The van der Waals surface area contributed by atoms with Crippen LogP contribution in [0.15, 0.2) is 47.1 Å². The average Bonchev–Trinajstić information content (AvgIpc) is 2.98. The van der Waals surface area contributed by atoms with Gasteiger partial charge in [-0.25, -0.2) is 0 Å². The van der Waals surface area contributed by atoms with E-state index >= 15 is 0 Å². The molecule has 0 aliphatic rings. The van der Waals surface area contributed by atoms with Gasteiger partial charge in [0.05, 0.1) is 12.9 Å². The number of hydrogen-bond acceptors (Lipinski definition) is 4. The minimum Gasteiger partial charge on any atom is -0.491 e. The molecule has 1 unspecified atom stereocenters. The molecule has 2 rings (SSSR count). The number of hydrogen-bond donors (Lipinski definition) is 1. The molecule has 0 saturated carbocycles. The van der Waals surface area contributed by atoms with Crippen molar-refractivity contribution < 1.29 is 19.0 Å². The summed E-state index contributed by atoms with van der Waals surface area (Å²) in [5, 5.41) is 9.79. The van der Waals surface area contributed by atoms with Gasteiger partial charge in [0.25, 0.3) is 0 Å². The highest BCUT2D eigenvalue weighted by atomic mass is 16.5. The molecule has 4 nitrogen and oxygen atoms in total. The molecule has 0 aliphatic heterocycles. The highest BCUT2D eigenvalue weighted by Crippen LogP contribution is 2.14. The predicted molar refractivity (Wildman–Crippen MR) is 75.7 cm³/mol. The molecule has 4 heteroatoms. The van der Waals surface area contributed by atoms with Crippen molar-refractivity contribution in [3.8, 4) is 5.75 Å². The van der Waals surface area contributed by atoms with E-state index < -0.39 is 6.10 Å². The van der Waals surface area contributed by atoms with Crippen LogP contribution in [0.1, 0.15) is 18.2 Å². The van der Waals surface area contributed by atoms with Gasteiger partial charge in [-0.05, 0) is 36.2 Å². The summed E-state index contributed by atoms with van der Waals surface area (Å²) in [7, 11) is 0. The fourth-order valence-electron chi connectivity index (χ4n) is 1.79. The van der Waals surface area contributed by atoms with Gasteiger partial charge in [0.15, 0.2) is 0 Å². The Bertz CT molecular complexity index is 493. The molecule has 0 bridgehead atoms. The van der Waals surface area contributed by atoms with E-state index in [0.717, 1.165) is 17.9 Å². The Hall–Kier alpha value is -1.78. The molecular formula is C16H20O4. The molecule has 0 aliphatic carbocycles. The Morgan fingerprint density at radius 1 is 1.20 bits per heavy atom. The standard InChI is InChI=1S/C16H20O4/c1-2-13-5-3-6-15(9-13)20-11-14(17)10-18-12-16-7-4-8-19-16/h3-9,14,17H,2,10-12H2,1H3. The van der Waals surface area contributed by atoms with Crippen molar-refractivity contribution in [1.29, 1.82) is 0 Å². The topological polar surface area (TPSA) is 51.8 Å². The maximum atomic E-state index is 9.79. The van der Waals surface area contributed by atoms with E-state index in [1.165, 1.54) is 5.56 Å². The van der Waals surface area contributed by atoms with Gasteiger partial charge < -0.3 is 19.0 Å². The quantitative estimate of drug-likeness (QED) is 0.805. The van der Waals surface area contributed by atoms with Crippen LogP contribution in [-0.2, 0) is 17.8 Å². The van der Waals surface area contributed by atoms with Crippen LogP contribution in [0.5, 0.6) is 5.75 Å². The molecule has 1 N–H and O–H groups in total. The fourth-order valence-corrected chi connectivity index (χ4v) is 1.79. The first kappa shape index (κ1) is 14.6. The van der Waals surface area contributed by atoms with Crippen LogP contribution >= 0.6 is 0 Å². The van der Waals surface area contributed by atoms with E-state index in [1.54, 1.807) is 12.3 Å². The minimum atomic E-state index is -0.657. The van der Waals surface area contributed by atoms with Crippen LogP contribution in [0.2, 0.25) is 0 Å². The molecule has 1 atom stereocenters. The van der Waals surface area contributed by atoms with Crippen molar-refractivity contribution in [2.24, 2.45) is 0 Å². The summed E-state index contributed by atoms with van der Waals surface area (Å²) in [5.74, 6) is 1.52. The van der Waals surface area contributed by atoms with Crippen LogP contribution in [0, 0.1) is 0 Å². The molecular weight excluding hydrogens is 256 g/mol. The van der Waals surface area contributed by atoms with Crippen molar-refractivity contribution in [1.82, 2.24) is 0 Å². The summed E-state index contributed by atoms with van der Waals surface area (Å²) >= 11 is 0. The third-order valence-electron chi connectivity index (χ3n) is 2.88. The molecule has 1 aromatic heterocycles. The number of ether oxygens (including phenoxy) is 2. The first-order valence-electron chi connectivity index (χ1n) is 6.78. The van der Waals surface area contributed by atoms with E-state index in [0.29, 0.717) is 6.61 Å². The molecule has 0 fully saturated rings. The second kappa shape index (κ2) is 7.72. The van der Waals surface area contributed by atoms with Gasteiger partial charge in [-0.2, -0.15) is 0 Å². The zero-order chi connectivity index (χ0) is 14.2. The van der Waals surface area contributed by atoms with Crippen molar-refractivity contribution >= 4 is 0 Å². The molecule has 1 heterocycles. The highest BCUT2D eigenvalue weighted by Gasteiger charge is 2.06. The molecule has 0 radical (unpaired) electrons. The molecule has 0 saturated heterocycles. The van der Waals surface area contributed by atoms with E-state index in [9.17, 15) is 5.11 Å². The van der Waals surface area contributed by atoms with Crippen molar-refractivity contribution in [2.75, 3.05) is 13.2 Å². The first-order chi connectivity index (χ1) is 9.78. The molecule has 2 aromatic rings. The second-order valence-electron chi connectivity index (χ2n) is 4.56. The average molecular weight is 276 g/mol. The molecule has 0 spiro atoms. The van der Waals surface area contributed by atoms with Crippen LogP contribution in [0.3, 0.4) is 0 Å². The summed E-state index contributed by atoms with van der Waals surface area (Å²) in [5.41, 5.74) is 1.21. The highest BCUT2D eigenvalue weighted by molar-refractivity contribution is 5.28. The number of aliphatic hydroxyl groups excluding tert-OH is 1. The fraction of sp³-hybridized carbons (Fsp3) is 0.375. The molecule has 20 heavy (non-hydrogen) atoms. The van der Waals surface area contributed by atoms with Crippen LogP contribution in [0.25, 0.3) is 0 Å². The van der Waals surface area contributed by atoms with E-state index in [-0.39, 0.29) is 13.2 Å². The summed E-state index contributed by atoms with van der Waals surface area (Å²) in [6, 6.07) is 11.5. The Labute approximate surface area is 118 Å². The zero-order valence-electron chi connectivity index (χ0n) is 11.6. The number of rotatable bonds is 8. The Balaban J connectivity index is 1.67. The molecule has 1 aromatic carbocycles. The monoisotopic (exact) mass is 276 g/mol. The van der Waals surface area contributed by atoms with Crippen LogP contribution < -0.4 is 4.74 Å². The zero-order valence-corrected chi connectivity index (χ0v) is 11.6. The van der Waals surface area contributed by atoms with E-state index in [4.69, 9.17) is 13.9 Å². The van der Waals surface area contributed by atoms with Crippen molar-refractivity contribution in [3.63, 3.8) is 0 Å². The molecule has 108 valence electrons. The van der Waals surface area contributed by atoms with Gasteiger partial charge in [0.2, 0.25) is 0 Å². The summed E-state index contributed by atoms with van der Waals surface area (Å²) in [4.78, 5) is 0. The van der Waals surface area contributed by atoms with E-state index in [1.807, 2.05) is 24.3 Å². The third-order valence-corrected chi connectivity index (χ3v) is 2.88. The van der Waals surface area contributed by atoms with Crippen LogP contribution in [0.4, 0.5) is 0 Å². The number of aryl methyl sites for hydroxylation is 1. The van der Waals surface area contributed by atoms with Gasteiger partial charge in [-0.3, -0.25) is 0 Å². The SMILES string of the molecule is CCc1cccc(OCC(O)COCc2ccco2)c1. The smallest absolute Gasteiger partial charge is 0.129 e. The Morgan fingerprint density at radius 2 is 2.10 bits per heavy atom. The predicted octanol–water partition coefficient (Wildman–Crippen LogP) is 2.80. The van der Waals surface area contributed by atoms with Gasteiger partial charge in [0.1, 0.15) is 30.8 Å². The Kier molecular flexibility index (Phi) is 5.65. The lowest BCUT2D eigenvalue weighted by atomic mass is 10.2. The summed E-state index contributed by atoms with van der Waals surface area (Å²) < 4.78 is 16.0. The minimum absolute atomic E-state index is 0.214. The first-order valence-corrected chi connectivity index (χ1v) is 6.78. The largest absolute Gasteiger partial charge is 0.491 e. The number of furan rings is 1. The van der Waals surface area contributed by atoms with Gasteiger partial charge >= 0.3 is 0 Å². The van der Waals surface area contributed by atoms with Crippen molar-refractivity contribution in [2.45, 2.75) is 26.1 Å². The van der Waals surface area contributed by atoms with Gasteiger partial charge in [0, 0.05) is 0 Å². The number of aliphatic hydroxyl groups is 1. The second-order valence-corrected chi connectivity index (χ2v) is 4.56. The maximum absolute atomic E-state index is 9.79. The van der Waals surface area contributed by atoms with Gasteiger partial charge in [-0.15, -0.1) is 0 Å². The summed E-state index contributed by atoms with van der Waals surface area (Å²) in [6.45, 7) is 2.88. The van der Waals surface area contributed by atoms with Crippen LogP contribution in [-0.4, -0.2) is 24.4 Å². The lowest BCUT2D eigenvalue weighted by Gasteiger charge is -2.13. The maximum Gasteiger partial charge on any atom is 0.129 e. The van der Waals surface area contributed by atoms with E-state index in [2.05, 4.69) is 13.0 Å². The lowest BCUT2D eigenvalue weighted by Crippen LogP contribution is -2.23. The van der Waals surface area contributed by atoms with Crippen molar-refractivity contribution in [3.05, 3.63) is 54.0 Å². The third kappa shape index (κ3) is 4.72. The lowest BCUT2D eigenvalue weighted by molar-refractivity contribution is 0.000868. The normalized spacial score (nSPS) is 12.3. The summed E-state index contributed by atoms with van der Waals surface area (Å²) in [6.07, 6.45) is 1.90. The molecule has 0 amide bonds. The number of benzene rings is 1. The van der Waals surface area contributed by atoms with Gasteiger partial charge in [-0.1, -0.05) is 19.1 Å². The Morgan fingerprint density at radius 3 is 2.85 bits per heavy atom.